The van der Waals surface area contributed by atoms with Crippen molar-refractivity contribution in [3.05, 3.63) is 47.3 Å². The Kier molecular flexibility index (Phi) is 3.89. The number of hydrogen-bond donors (Lipinski definition) is 1. The van der Waals surface area contributed by atoms with Crippen molar-refractivity contribution in [2.24, 2.45) is 11.1 Å². The molecule has 23 heavy (non-hydrogen) atoms. The molecule has 1 saturated heterocycles. The second-order valence-corrected chi connectivity index (χ2v) is 6.65. The molecule has 2 heterocycles. The first-order valence-corrected chi connectivity index (χ1v) is 8.03. The SMILES string of the molecule is N#CC1(C(N)=O)CCN(C(=O)c2ccc(-c3ccccc3)s2)C1. The molecule has 1 aromatic heterocycles. The molecule has 1 aliphatic rings. The summed E-state index contributed by atoms with van der Waals surface area (Å²) in [5.41, 5.74) is 5.13. The quantitative estimate of drug-likeness (QED) is 0.939. The van der Waals surface area contributed by atoms with E-state index in [1.54, 1.807) is 6.07 Å². The molecule has 116 valence electrons. The number of primary amides is 1. The van der Waals surface area contributed by atoms with Gasteiger partial charge in [-0.15, -0.1) is 11.3 Å². The maximum absolute atomic E-state index is 12.6. The summed E-state index contributed by atoms with van der Waals surface area (Å²) in [6.45, 7) is 0.435. The summed E-state index contributed by atoms with van der Waals surface area (Å²) in [6.07, 6.45) is 0.293. The average Bonchev–Trinajstić information content (AvgIpc) is 3.23. The van der Waals surface area contributed by atoms with Crippen LogP contribution in [0.2, 0.25) is 0 Å². The lowest BCUT2D eigenvalue weighted by molar-refractivity contribution is -0.124. The highest BCUT2D eigenvalue weighted by molar-refractivity contribution is 7.17. The lowest BCUT2D eigenvalue weighted by atomic mass is 9.88. The van der Waals surface area contributed by atoms with Gasteiger partial charge in [0, 0.05) is 18.0 Å². The number of carbonyl (C=O) groups is 2. The van der Waals surface area contributed by atoms with E-state index in [4.69, 9.17) is 5.73 Å². The van der Waals surface area contributed by atoms with Gasteiger partial charge in [0.2, 0.25) is 5.91 Å². The Morgan fingerprint density at radius 2 is 1.96 bits per heavy atom. The predicted molar refractivity (Wildman–Crippen MR) is 87.5 cm³/mol. The summed E-state index contributed by atoms with van der Waals surface area (Å²) in [6, 6.07) is 15.5. The third-order valence-electron chi connectivity index (χ3n) is 4.12. The van der Waals surface area contributed by atoms with E-state index in [-0.39, 0.29) is 12.5 Å². The number of rotatable bonds is 3. The summed E-state index contributed by atoms with van der Waals surface area (Å²) in [5.74, 6) is -0.818. The number of likely N-dealkylation sites (tertiary alicyclic amines) is 1. The van der Waals surface area contributed by atoms with Crippen LogP contribution in [0, 0.1) is 16.7 Å². The fraction of sp³-hybridized carbons (Fsp3) is 0.235. The minimum absolute atomic E-state index is 0.0657. The number of nitrogens with two attached hydrogens (primary N) is 1. The standard InChI is InChI=1S/C17H15N3O2S/c18-10-17(16(19)22)8-9-20(11-17)15(21)14-7-6-13(23-14)12-4-2-1-3-5-12/h1-7H,8-9,11H2,(H2,19,22). The molecule has 0 saturated carbocycles. The number of nitrogens with zero attached hydrogens (tertiary/aromatic N) is 2. The van der Waals surface area contributed by atoms with Crippen LogP contribution in [0.3, 0.4) is 0 Å². The van der Waals surface area contributed by atoms with Crippen LogP contribution in [0.25, 0.3) is 10.4 Å². The Morgan fingerprint density at radius 3 is 2.57 bits per heavy atom. The topological polar surface area (TPSA) is 87.2 Å². The summed E-state index contributed by atoms with van der Waals surface area (Å²) in [4.78, 5) is 27.2. The van der Waals surface area contributed by atoms with Crippen LogP contribution in [0.4, 0.5) is 0 Å². The molecule has 0 bridgehead atoms. The van der Waals surface area contributed by atoms with Crippen molar-refractivity contribution >= 4 is 23.2 Å². The Hall–Kier alpha value is -2.65. The Balaban J connectivity index is 1.79. The fourth-order valence-electron chi connectivity index (χ4n) is 2.70. The van der Waals surface area contributed by atoms with Crippen molar-refractivity contribution in [1.29, 1.82) is 5.26 Å². The van der Waals surface area contributed by atoms with Gasteiger partial charge in [0.05, 0.1) is 10.9 Å². The van der Waals surface area contributed by atoms with Gasteiger partial charge in [-0.3, -0.25) is 9.59 Å². The number of carbonyl (C=O) groups excluding carboxylic acids is 2. The lowest BCUT2D eigenvalue weighted by Gasteiger charge is -2.18. The van der Waals surface area contributed by atoms with Crippen LogP contribution >= 0.6 is 11.3 Å². The molecule has 0 aliphatic carbocycles. The van der Waals surface area contributed by atoms with Crippen molar-refractivity contribution in [2.45, 2.75) is 6.42 Å². The molecule has 2 amide bonds. The van der Waals surface area contributed by atoms with Crippen molar-refractivity contribution in [3.8, 4) is 16.5 Å². The molecule has 0 spiro atoms. The van der Waals surface area contributed by atoms with Gasteiger partial charge < -0.3 is 10.6 Å². The second kappa shape index (κ2) is 5.86. The van der Waals surface area contributed by atoms with Gasteiger partial charge in [-0.2, -0.15) is 5.26 Å². The number of hydrogen-bond acceptors (Lipinski definition) is 4. The van der Waals surface area contributed by atoms with E-state index in [0.717, 1.165) is 10.4 Å². The minimum atomic E-state index is -1.25. The maximum atomic E-state index is 12.6. The highest BCUT2D eigenvalue weighted by Gasteiger charge is 2.45. The van der Waals surface area contributed by atoms with Gasteiger partial charge in [0.15, 0.2) is 5.41 Å². The maximum Gasteiger partial charge on any atom is 0.264 e. The van der Waals surface area contributed by atoms with Crippen molar-refractivity contribution < 1.29 is 9.59 Å². The van der Waals surface area contributed by atoms with Crippen LogP contribution in [-0.4, -0.2) is 29.8 Å². The summed E-state index contributed by atoms with van der Waals surface area (Å²) in [7, 11) is 0. The highest BCUT2D eigenvalue weighted by Crippen LogP contribution is 2.33. The fourth-order valence-corrected chi connectivity index (χ4v) is 3.68. The minimum Gasteiger partial charge on any atom is -0.368 e. The van der Waals surface area contributed by atoms with E-state index in [0.29, 0.717) is 17.8 Å². The first-order valence-electron chi connectivity index (χ1n) is 7.21. The van der Waals surface area contributed by atoms with Crippen molar-refractivity contribution in [3.63, 3.8) is 0 Å². The van der Waals surface area contributed by atoms with Crippen molar-refractivity contribution in [1.82, 2.24) is 4.90 Å². The van der Waals surface area contributed by atoms with Crippen LogP contribution in [-0.2, 0) is 4.79 Å². The summed E-state index contributed by atoms with van der Waals surface area (Å²) in [5, 5.41) is 9.22. The summed E-state index contributed by atoms with van der Waals surface area (Å²) >= 11 is 1.41. The Bertz CT molecular complexity index is 794. The third kappa shape index (κ3) is 2.71. The van der Waals surface area contributed by atoms with Crippen LogP contribution in [0.1, 0.15) is 16.1 Å². The number of benzene rings is 1. The van der Waals surface area contributed by atoms with E-state index in [9.17, 15) is 14.9 Å². The molecule has 1 fully saturated rings. The molecular weight excluding hydrogens is 310 g/mol. The molecule has 3 rings (SSSR count). The largest absolute Gasteiger partial charge is 0.368 e. The zero-order chi connectivity index (χ0) is 16.4. The zero-order valence-corrected chi connectivity index (χ0v) is 13.2. The molecular formula is C17H15N3O2S. The van der Waals surface area contributed by atoms with Crippen LogP contribution < -0.4 is 5.73 Å². The lowest BCUT2D eigenvalue weighted by Crippen LogP contribution is -2.39. The molecule has 1 atom stereocenters. The normalized spacial score (nSPS) is 20.2. The number of nitriles is 1. The van der Waals surface area contributed by atoms with E-state index < -0.39 is 11.3 Å². The second-order valence-electron chi connectivity index (χ2n) is 5.56. The molecule has 0 radical (unpaired) electrons. The van der Waals surface area contributed by atoms with Crippen molar-refractivity contribution in [2.75, 3.05) is 13.1 Å². The van der Waals surface area contributed by atoms with Gasteiger partial charge in [-0.05, 0) is 24.1 Å². The van der Waals surface area contributed by atoms with E-state index >= 15 is 0 Å². The van der Waals surface area contributed by atoms with Crippen LogP contribution in [0.15, 0.2) is 42.5 Å². The molecule has 2 aromatic rings. The smallest absolute Gasteiger partial charge is 0.264 e. The molecule has 1 unspecified atom stereocenters. The van der Waals surface area contributed by atoms with Gasteiger partial charge in [-0.25, -0.2) is 0 Å². The van der Waals surface area contributed by atoms with Gasteiger partial charge >= 0.3 is 0 Å². The van der Waals surface area contributed by atoms with Gasteiger partial charge in [0.25, 0.3) is 5.91 Å². The van der Waals surface area contributed by atoms with Crippen LogP contribution in [0.5, 0.6) is 0 Å². The first-order chi connectivity index (χ1) is 11.1. The third-order valence-corrected chi connectivity index (χ3v) is 5.24. The summed E-state index contributed by atoms with van der Waals surface area (Å²) < 4.78 is 0. The van der Waals surface area contributed by atoms with E-state index in [2.05, 4.69) is 0 Å². The highest BCUT2D eigenvalue weighted by atomic mass is 32.1. The Morgan fingerprint density at radius 1 is 1.22 bits per heavy atom. The first kappa shape index (κ1) is 15.3. The number of thiophene rings is 1. The average molecular weight is 325 g/mol. The molecule has 1 aliphatic heterocycles. The molecule has 5 nitrogen and oxygen atoms in total. The van der Waals surface area contributed by atoms with Gasteiger partial charge in [-0.1, -0.05) is 30.3 Å². The number of amides is 2. The predicted octanol–water partition coefficient (Wildman–Crippen LogP) is 2.26. The molecule has 2 N–H and O–H groups in total. The molecule has 1 aromatic carbocycles. The zero-order valence-electron chi connectivity index (χ0n) is 12.4. The van der Waals surface area contributed by atoms with Gasteiger partial charge in [0.1, 0.15) is 0 Å². The monoisotopic (exact) mass is 325 g/mol. The van der Waals surface area contributed by atoms with E-state index in [1.807, 2.05) is 42.5 Å². The molecule has 6 heteroatoms. The Labute approximate surface area is 137 Å². The van der Waals surface area contributed by atoms with E-state index in [1.165, 1.54) is 16.2 Å².